The van der Waals surface area contributed by atoms with E-state index in [0.717, 1.165) is 34.1 Å². The Morgan fingerprint density at radius 1 is 1.35 bits per heavy atom. The van der Waals surface area contributed by atoms with Crippen molar-refractivity contribution in [3.63, 3.8) is 0 Å². The Bertz CT molecular complexity index is 592. The van der Waals surface area contributed by atoms with Gasteiger partial charge in [-0.25, -0.2) is 0 Å². The summed E-state index contributed by atoms with van der Waals surface area (Å²) in [6.45, 7) is 4.30. The van der Waals surface area contributed by atoms with Crippen molar-refractivity contribution in [2.75, 3.05) is 32.0 Å². The maximum atomic E-state index is 5.87. The molecule has 1 aromatic carbocycles. The number of hydrogen-bond acceptors (Lipinski definition) is 4. The van der Waals surface area contributed by atoms with E-state index < -0.39 is 0 Å². The van der Waals surface area contributed by atoms with E-state index in [0.29, 0.717) is 12.4 Å². The first-order valence-electron chi connectivity index (χ1n) is 7.03. The lowest BCUT2D eigenvalue weighted by Gasteiger charge is -2.14. The number of nitrogens with two attached hydrogens (primary N) is 1. The highest BCUT2D eigenvalue weighted by Crippen LogP contribution is 2.33. The van der Waals surface area contributed by atoms with Gasteiger partial charge in [0.05, 0.1) is 12.0 Å². The third-order valence-electron chi connectivity index (χ3n) is 3.74. The lowest BCUT2D eigenvalue weighted by molar-refractivity contribution is 0.265. The van der Waals surface area contributed by atoms with Gasteiger partial charge in [-0.2, -0.15) is 5.10 Å². The average Bonchev–Trinajstić information content (AvgIpc) is 3.07. The van der Waals surface area contributed by atoms with E-state index in [1.165, 1.54) is 25.9 Å². The van der Waals surface area contributed by atoms with Crippen molar-refractivity contribution >= 4 is 32.7 Å². The summed E-state index contributed by atoms with van der Waals surface area (Å²) < 4.78 is 6.81. The summed E-state index contributed by atoms with van der Waals surface area (Å²) in [4.78, 5) is 2.49. The van der Waals surface area contributed by atoms with Crippen LogP contribution in [0.5, 0.6) is 5.75 Å². The van der Waals surface area contributed by atoms with E-state index >= 15 is 0 Å². The van der Waals surface area contributed by atoms with Crippen LogP contribution in [-0.4, -0.2) is 41.3 Å². The fourth-order valence-electron chi connectivity index (χ4n) is 2.69. The third-order valence-corrected chi connectivity index (χ3v) is 4.40. The second-order valence-corrected chi connectivity index (χ2v) is 6.01. The number of anilines is 1. The molecule has 1 aromatic heterocycles. The van der Waals surface area contributed by atoms with Gasteiger partial charge >= 0.3 is 0 Å². The number of fused-ring (bicyclic) bond motifs is 1. The Hall–Kier alpha value is -1.27. The SMILES string of the molecule is Nc1n[nH]c2c(OCCCN3CCCC3)ccc(Br)c12. The van der Waals surface area contributed by atoms with Crippen LogP contribution in [0.15, 0.2) is 16.6 Å². The fourth-order valence-corrected chi connectivity index (χ4v) is 3.22. The Morgan fingerprint density at radius 3 is 2.95 bits per heavy atom. The molecule has 0 radical (unpaired) electrons. The van der Waals surface area contributed by atoms with E-state index in [2.05, 4.69) is 31.0 Å². The van der Waals surface area contributed by atoms with Crippen LogP contribution in [-0.2, 0) is 0 Å². The van der Waals surface area contributed by atoms with E-state index in [1.807, 2.05) is 12.1 Å². The second kappa shape index (κ2) is 6.01. The molecular weight excluding hydrogens is 320 g/mol. The predicted octanol–water partition coefficient (Wildman–Crippen LogP) is 2.77. The van der Waals surface area contributed by atoms with Crippen LogP contribution in [0.4, 0.5) is 5.82 Å². The Labute approximate surface area is 126 Å². The van der Waals surface area contributed by atoms with Crippen LogP contribution < -0.4 is 10.5 Å². The molecular formula is C14H19BrN4O. The van der Waals surface area contributed by atoms with Crippen LogP contribution in [0.1, 0.15) is 19.3 Å². The van der Waals surface area contributed by atoms with Gasteiger partial charge in [0, 0.05) is 11.0 Å². The van der Waals surface area contributed by atoms with Crippen molar-refractivity contribution in [3.8, 4) is 5.75 Å². The molecule has 1 fully saturated rings. The summed E-state index contributed by atoms with van der Waals surface area (Å²) in [6, 6.07) is 3.89. The molecule has 1 saturated heterocycles. The maximum absolute atomic E-state index is 5.87. The summed E-state index contributed by atoms with van der Waals surface area (Å²) in [5, 5.41) is 7.87. The molecule has 2 heterocycles. The number of aromatic nitrogens is 2. The van der Waals surface area contributed by atoms with Gasteiger partial charge in [-0.15, -0.1) is 0 Å². The van der Waals surface area contributed by atoms with Crippen LogP contribution in [0.3, 0.4) is 0 Å². The van der Waals surface area contributed by atoms with Gasteiger partial charge in [-0.3, -0.25) is 5.10 Å². The Kier molecular flexibility index (Phi) is 4.12. The van der Waals surface area contributed by atoms with Crippen molar-refractivity contribution in [2.24, 2.45) is 0 Å². The number of aromatic amines is 1. The number of nitrogens with one attached hydrogen (secondary N) is 1. The number of H-pyrrole nitrogens is 1. The lowest BCUT2D eigenvalue weighted by Crippen LogP contribution is -2.21. The molecule has 0 saturated carbocycles. The summed E-state index contributed by atoms with van der Waals surface area (Å²) in [7, 11) is 0. The van der Waals surface area contributed by atoms with Gasteiger partial charge in [0.15, 0.2) is 5.82 Å². The second-order valence-electron chi connectivity index (χ2n) is 5.16. The van der Waals surface area contributed by atoms with E-state index in [4.69, 9.17) is 10.5 Å². The highest BCUT2D eigenvalue weighted by atomic mass is 79.9. The Morgan fingerprint density at radius 2 is 2.15 bits per heavy atom. The minimum atomic E-state index is 0.495. The average molecular weight is 339 g/mol. The molecule has 0 aliphatic carbocycles. The standard InChI is InChI=1S/C14H19BrN4O/c15-10-4-5-11(13-12(10)14(16)18-17-13)20-9-3-8-19-6-1-2-7-19/h4-5H,1-3,6-9H2,(H3,16,17,18). The summed E-state index contributed by atoms with van der Waals surface area (Å²) in [6.07, 6.45) is 3.71. The molecule has 3 rings (SSSR count). The van der Waals surface area contributed by atoms with Gasteiger partial charge in [-0.05, 0) is 60.4 Å². The number of nitrogen functional groups attached to an aromatic ring is 1. The quantitative estimate of drug-likeness (QED) is 0.822. The number of ether oxygens (including phenoxy) is 1. The molecule has 0 spiro atoms. The molecule has 20 heavy (non-hydrogen) atoms. The molecule has 0 atom stereocenters. The zero-order chi connectivity index (χ0) is 13.9. The first-order chi connectivity index (χ1) is 9.75. The van der Waals surface area contributed by atoms with Crippen molar-refractivity contribution in [1.82, 2.24) is 15.1 Å². The number of hydrogen-bond donors (Lipinski definition) is 2. The molecule has 0 unspecified atom stereocenters. The maximum Gasteiger partial charge on any atom is 0.154 e. The number of halogens is 1. The number of likely N-dealkylation sites (tertiary alicyclic amines) is 1. The first-order valence-corrected chi connectivity index (χ1v) is 7.82. The van der Waals surface area contributed by atoms with Crippen LogP contribution in [0.25, 0.3) is 10.9 Å². The zero-order valence-electron chi connectivity index (χ0n) is 11.4. The van der Waals surface area contributed by atoms with E-state index in [9.17, 15) is 0 Å². The molecule has 2 aromatic rings. The summed E-state index contributed by atoms with van der Waals surface area (Å²) in [5.41, 5.74) is 6.71. The number of nitrogens with zero attached hydrogens (tertiary/aromatic N) is 2. The van der Waals surface area contributed by atoms with Crippen molar-refractivity contribution in [1.29, 1.82) is 0 Å². The summed E-state index contributed by atoms with van der Waals surface area (Å²) in [5.74, 6) is 1.31. The number of rotatable bonds is 5. The minimum absolute atomic E-state index is 0.495. The topological polar surface area (TPSA) is 67.2 Å². The van der Waals surface area contributed by atoms with E-state index in [-0.39, 0.29) is 0 Å². The monoisotopic (exact) mass is 338 g/mol. The van der Waals surface area contributed by atoms with Crippen LogP contribution >= 0.6 is 15.9 Å². The Balaban J connectivity index is 1.61. The molecule has 5 nitrogen and oxygen atoms in total. The highest BCUT2D eigenvalue weighted by Gasteiger charge is 2.13. The third kappa shape index (κ3) is 2.76. The molecule has 0 amide bonds. The molecule has 6 heteroatoms. The van der Waals surface area contributed by atoms with Gasteiger partial charge in [0.25, 0.3) is 0 Å². The van der Waals surface area contributed by atoms with Crippen molar-refractivity contribution < 1.29 is 4.74 Å². The summed E-state index contributed by atoms with van der Waals surface area (Å²) >= 11 is 3.49. The lowest BCUT2D eigenvalue weighted by atomic mass is 10.2. The van der Waals surface area contributed by atoms with Gasteiger partial charge in [0.2, 0.25) is 0 Å². The van der Waals surface area contributed by atoms with Gasteiger partial charge in [0.1, 0.15) is 11.3 Å². The van der Waals surface area contributed by atoms with Crippen molar-refractivity contribution in [2.45, 2.75) is 19.3 Å². The van der Waals surface area contributed by atoms with Gasteiger partial charge in [-0.1, -0.05) is 0 Å². The fraction of sp³-hybridized carbons (Fsp3) is 0.500. The highest BCUT2D eigenvalue weighted by molar-refractivity contribution is 9.10. The smallest absolute Gasteiger partial charge is 0.154 e. The molecule has 3 N–H and O–H groups in total. The minimum Gasteiger partial charge on any atom is -0.491 e. The van der Waals surface area contributed by atoms with Crippen LogP contribution in [0.2, 0.25) is 0 Å². The first kappa shape index (κ1) is 13.7. The normalized spacial score (nSPS) is 16.1. The van der Waals surface area contributed by atoms with E-state index in [1.54, 1.807) is 0 Å². The molecule has 0 bridgehead atoms. The predicted molar refractivity (Wildman–Crippen MR) is 84.0 cm³/mol. The molecule has 1 aliphatic rings. The largest absolute Gasteiger partial charge is 0.491 e. The van der Waals surface area contributed by atoms with Crippen molar-refractivity contribution in [3.05, 3.63) is 16.6 Å². The van der Waals surface area contributed by atoms with Crippen LogP contribution in [0, 0.1) is 0 Å². The zero-order valence-corrected chi connectivity index (χ0v) is 12.9. The number of benzene rings is 1. The molecule has 108 valence electrons. The molecule has 1 aliphatic heterocycles. The van der Waals surface area contributed by atoms with Gasteiger partial charge < -0.3 is 15.4 Å².